The first-order chi connectivity index (χ1) is 6.58. The van der Waals surface area contributed by atoms with Gasteiger partial charge in [-0.1, -0.05) is 20.8 Å². The molecule has 0 fully saturated rings. The molecule has 80 valence electrons. The molecule has 1 rings (SSSR count). The fraction of sp³-hybridized carbons (Fsp3) is 0.727. The van der Waals surface area contributed by atoms with Crippen molar-refractivity contribution in [1.82, 2.24) is 10.3 Å². The van der Waals surface area contributed by atoms with E-state index >= 15 is 0 Å². The summed E-state index contributed by atoms with van der Waals surface area (Å²) in [7, 11) is 2.02. The van der Waals surface area contributed by atoms with E-state index in [1.54, 1.807) is 11.3 Å². The van der Waals surface area contributed by atoms with Crippen LogP contribution in [0.1, 0.15) is 26.5 Å². The van der Waals surface area contributed by atoms with Crippen molar-refractivity contribution in [2.75, 3.05) is 13.6 Å². The second kappa shape index (κ2) is 4.89. The van der Waals surface area contributed by atoms with Gasteiger partial charge >= 0.3 is 0 Å². The highest BCUT2D eigenvalue weighted by molar-refractivity contribution is 7.07. The topological polar surface area (TPSA) is 24.9 Å². The van der Waals surface area contributed by atoms with Crippen molar-refractivity contribution in [2.24, 2.45) is 11.3 Å². The van der Waals surface area contributed by atoms with Crippen molar-refractivity contribution < 1.29 is 0 Å². The summed E-state index contributed by atoms with van der Waals surface area (Å²) < 4.78 is 0. The summed E-state index contributed by atoms with van der Waals surface area (Å²) in [6.07, 6.45) is 1.06. The first kappa shape index (κ1) is 11.7. The monoisotopic (exact) mass is 212 g/mol. The quantitative estimate of drug-likeness (QED) is 0.811. The van der Waals surface area contributed by atoms with Crippen molar-refractivity contribution in [1.29, 1.82) is 0 Å². The lowest BCUT2D eigenvalue weighted by Gasteiger charge is -2.33. The highest BCUT2D eigenvalue weighted by Gasteiger charge is 2.28. The van der Waals surface area contributed by atoms with Gasteiger partial charge in [-0.2, -0.15) is 0 Å². The maximum absolute atomic E-state index is 4.36. The van der Waals surface area contributed by atoms with Crippen LogP contribution >= 0.6 is 11.3 Å². The number of hydrogen-bond acceptors (Lipinski definition) is 3. The molecule has 0 aliphatic heterocycles. The largest absolute Gasteiger partial charge is 0.319 e. The van der Waals surface area contributed by atoms with Crippen LogP contribution in [0, 0.1) is 11.3 Å². The minimum Gasteiger partial charge on any atom is -0.319 e. The zero-order valence-electron chi connectivity index (χ0n) is 9.50. The Kier molecular flexibility index (Phi) is 4.08. The summed E-state index contributed by atoms with van der Waals surface area (Å²) >= 11 is 1.68. The van der Waals surface area contributed by atoms with E-state index in [0.717, 1.165) is 13.0 Å². The Hall–Kier alpha value is -0.410. The lowest BCUT2D eigenvalue weighted by Crippen LogP contribution is -2.36. The Balaban J connectivity index is 2.69. The third kappa shape index (κ3) is 2.79. The van der Waals surface area contributed by atoms with Crippen LogP contribution in [0.15, 0.2) is 10.9 Å². The Morgan fingerprint density at radius 2 is 2.29 bits per heavy atom. The number of hydrogen-bond donors (Lipinski definition) is 1. The molecule has 0 bridgehead atoms. The zero-order valence-corrected chi connectivity index (χ0v) is 10.3. The fourth-order valence-corrected chi connectivity index (χ4v) is 2.17. The van der Waals surface area contributed by atoms with Gasteiger partial charge in [0, 0.05) is 11.9 Å². The normalized spacial score (nSPS) is 15.8. The van der Waals surface area contributed by atoms with Crippen LogP contribution in [0.4, 0.5) is 0 Å². The van der Waals surface area contributed by atoms with E-state index < -0.39 is 0 Å². The van der Waals surface area contributed by atoms with Crippen LogP contribution in [0.5, 0.6) is 0 Å². The predicted molar refractivity (Wildman–Crippen MR) is 62.7 cm³/mol. The molecule has 0 spiro atoms. The van der Waals surface area contributed by atoms with E-state index in [-0.39, 0.29) is 0 Å². The van der Waals surface area contributed by atoms with Gasteiger partial charge in [0.1, 0.15) is 0 Å². The third-order valence-corrected chi connectivity index (χ3v) is 3.68. The summed E-state index contributed by atoms with van der Waals surface area (Å²) in [4.78, 5) is 4.36. The van der Waals surface area contributed by atoms with Crippen LogP contribution in [0.3, 0.4) is 0 Å². The van der Waals surface area contributed by atoms with Crippen LogP contribution in [-0.4, -0.2) is 18.6 Å². The molecule has 0 radical (unpaired) electrons. The standard InChI is InChI=1S/C11H20N2S/c1-9(2)11(3,7-12-4)5-10-6-14-8-13-10/h6,8-9,12H,5,7H2,1-4H3. The zero-order chi connectivity index (χ0) is 10.6. The lowest BCUT2D eigenvalue weighted by atomic mass is 9.75. The molecule has 2 nitrogen and oxygen atoms in total. The molecular weight excluding hydrogens is 192 g/mol. The number of aromatic nitrogens is 1. The van der Waals surface area contributed by atoms with Crippen LogP contribution in [0.25, 0.3) is 0 Å². The average molecular weight is 212 g/mol. The van der Waals surface area contributed by atoms with Gasteiger partial charge in [-0.3, -0.25) is 0 Å². The molecule has 1 atom stereocenters. The first-order valence-electron chi connectivity index (χ1n) is 5.10. The molecule has 1 heterocycles. The number of thiazole rings is 1. The molecule has 1 N–H and O–H groups in total. The minimum absolute atomic E-state index is 0.308. The van der Waals surface area contributed by atoms with E-state index in [1.165, 1.54) is 5.69 Å². The second-order valence-corrected chi connectivity index (χ2v) is 5.21. The summed E-state index contributed by atoms with van der Waals surface area (Å²) in [5.41, 5.74) is 3.44. The summed E-state index contributed by atoms with van der Waals surface area (Å²) in [6.45, 7) is 7.93. The van der Waals surface area contributed by atoms with Crippen molar-refractivity contribution >= 4 is 11.3 Å². The van der Waals surface area contributed by atoms with E-state index in [0.29, 0.717) is 11.3 Å². The fourth-order valence-electron chi connectivity index (χ4n) is 1.61. The van der Waals surface area contributed by atoms with Gasteiger partial charge in [-0.25, -0.2) is 4.98 Å². The molecular formula is C11H20N2S. The van der Waals surface area contributed by atoms with Crippen molar-refractivity contribution in [2.45, 2.75) is 27.2 Å². The number of nitrogens with zero attached hydrogens (tertiary/aromatic N) is 1. The molecule has 1 aromatic rings. The van der Waals surface area contributed by atoms with E-state index in [4.69, 9.17) is 0 Å². The molecule has 0 aliphatic rings. The average Bonchev–Trinajstić information content (AvgIpc) is 2.56. The van der Waals surface area contributed by atoms with Crippen LogP contribution in [-0.2, 0) is 6.42 Å². The van der Waals surface area contributed by atoms with E-state index in [2.05, 4.69) is 36.5 Å². The number of nitrogens with one attached hydrogen (secondary N) is 1. The Labute approximate surface area is 90.8 Å². The van der Waals surface area contributed by atoms with Gasteiger partial charge in [0.05, 0.1) is 11.2 Å². The summed E-state index contributed by atoms with van der Waals surface area (Å²) in [5, 5.41) is 5.43. The van der Waals surface area contributed by atoms with E-state index in [9.17, 15) is 0 Å². The van der Waals surface area contributed by atoms with Gasteiger partial charge in [0.15, 0.2) is 0 Å². The number of rotatable bonds is 5. The highest BCUT2D eigenvalue weighted by Crippen LogP contribution is 2.30. The van der Waals surface area contributed by atoms with Gasteiger partial charge in [-0.05, 0) is 24.8 Å². The van der Waals surface area contributed by atoms with Gasteiger partial charge in [0.25, 0.3) is 0 Å². The Bertz CT molecular complexity index is 256. The molecule has 0 saturated carbocycles. The maximum atomic E-state index is 4.36. The van der Waals surface area contributed by atoms with Gasteiger partial charge in [0.2, 0.25) is 0 Å². The molecule has 1 unspecified atom stereocenters. The summed E-state index contributed by atoms with van der Waals surface area (Å²) in [5.74, 6) is 0.664. The van der Waals surface area contributed by atoms with Crippen molar-refractivity contribution in [3.8, 4) is 0 Å². The predicted octanol–water partition coefficient (Wildman–Crippen LogP) is 2.57. The van der Waals surface area contributed by atoms with Crippen LogP contribution < -0.4 is 5.32 Å². The van der Waals surface area contributed by atoms with Crippen molar-refractivity contribution in [3.63, 3.8) is 0 Å². The molecule has 0 saturated heterocycles. The van der Waals surface area contributed by atoms with Crippen molar-refractivity contribution in [3.05, 3.63) is 16.6 Å². The molecule has 0 amide bonds. The maximum Gasteiger partial charge on any atom is 0.0794 e. The lowest BCUT2D eigenvalue weighted by molar-refractivity contribution is 0.211. The van der Waals surface area contributed by atoms with Gasteiger partial charge < -0.3 is 5.32 Å². The summed E-state index contributed by atoms with van der Waals surface area (Å²) in [6, 6.07) is 0. The minimum atomic E-state index is 0.308. The van der Waals surface area contributed by atoms with Crippen LogP contribution in [0.2, 0.25) is 0 Å². The SMILES string of the molecule is CNCC(C)(Cc1cscn1)C(C)C. The van der Waals surface area contributed by atoms with Gasteiger partial charge in [-0.15, -0.1) is 11.3 Å². The molecule has 0 aliphatic carbocycles. The third-order valence-electron chi connectivity index (χ3n) is 3.04. The Morgan fingerprint density at radius 1 is 1.57 bits per heavy atom. The second-order valence-electron chi connectivity index (χ2n) is 4.50. The molecule has 1 aromatic heterocycles. The Morgan fingerprint density at radius 3 is 2.71 bits per heavy atom. The molecule has 0 aromatic carbocycles. The smallest absolute Gasteiger partial charge is 0.0794 e. The highest BCUT2D eigenvalue weighted by atomic mass is 32.1. The first-order valence-corrected chi connectivity index (χ1v) is 6.04. The molecule has 14 heavy (non-hydrogen) atoms. The van der Waals surface area contributed by atoms with E-state index in [1.807, 2.05) is 12.6 Å². The molecule has 3 heteroatoms.